The smallest absolute Gasteiger partial charge is 0.332 e. The van der Waals surface area contributed by atoms with Gasteiger partial charge in [-0.05, 0) is 66.2 Å². The summed E-state index contributed by atoms with van der Waals surface area (Å²) in [5.41, 5.74) is 1.53. The number of hydrogen-bond acceptors (Lipinski definition) is 4. The van der Waals surface area contributed by atoms with E-state index in [1.807, 2.05) is 6.07 Å². The van der Waals surface area contributed by atoms with Crippen molar-refractivity contribution in [1.29, 1.82) is 0 Å². The molecule has 2 fully saturated rings. The Bertz CT molecular complexity index is 929. The molecule has 0 spiro atoms. The molecular formula is C22H20O5. The van der Waals surface area contributed by atoms with Gasteiger partial charge >= 0.3 is 5.97 Å². The molecule has 5 nitrogen and oxygen atoms in total. The van der Waals surface area contributed by atoms with Crippen LogP contribution in [0, 0.1) is 41.4 Å². The Balaban J connectivity index is 1.30. The van der Waals surface area contributed by atoms with Gasteiger partial charge in [0.1, 0.15) is 0 Å². The molecular weight excluding hydrogens is 344 g/mol. The minimum Gasteiger partial charge on any atom is -0.478 e. The molecule has 0 saturated heterocycles. The molecule has 0 amide bonds. The number of fused-ring (bicyclic) bond motifs is 1. The first-order chi connectivity index (χ1) is 13.1. The third kappa shape index (κ3) is 2.00. The lowest BCUT2D eigenvalue weighted by atomic mass is 9.50. The van der Waals surface area contributed by atoms with Gasteiger partial charge in [0.15, 0.2) is 17.3 Å². The number of carbonyl (C=O) groups excluding carboxylic acids is 1. The van der Waals surface area contributed by atoms with Crippen LogP contribution in [0.5, 0.6) is 11.5 Å². The molecule has 0 bridgehead atoms. The molecule has 7 atom stereocenters. The highest BCUT2D eigenvalue weighted by Crippen LogP contribution is 2.66. The SMILES string of the molecule is O=C(O)C1=CC(=O)[C@@H]2C[C@H]3[C@H](Cc4ccc5c(c4)OCO5)[C@H]4C=C[C@@H]1[C@@H]2[C@H]43. The molecule has 138 valence electrons. The molecule has 27 heavy (non-hydrogen) atoms. The van der Waals surface area contributed by atoms with Gasteiger partial charge in [0.25, 0.3) is 0 Å². The Morgan fingerprint density at radius 2 is 2.00 bits per heavy atom. The van der Waals surface area contributed by atoms with Crippen LogP contribution in [0.15, 0.2) is 42.0 Å². The van der Waals surface area contributed by atoms with Crippen molar-refractivity contribution in [1.82, 2.24) is 0 Å². The highest BCUT2D eigenvalue weighted by Gasteiger charge is 2.64. The first kappa shape index (κ1) is 15.5. The zero-order valence-corrected chi connectivity index (χ0v) is 14.7. The van der Waals surface area contributed by atoms with Gasteiger partial charge in [-0.25, -0.2) is 4.79 Å². The number of carboxylic acid groups (broad SMARTS) is 1. The lowest BCUT2D eigenvalue weighted by Crippen LogP contribution is -2.50. The number of carboxylic acids is 1. The summed E-state index contributed by atoms with van der Waals surface area (Å²) in [7, 11) is 0. The summed E-state index contributed by atoms with van der Waals surface area (Å²) in [6, 6.07) is 6.15. The standard InChI is InChI=1S/C22H20O5/c23-17-8-15(22(24)25)12-3-2-11-13(14-7-16(17)21(12)20(11)14)5-10-1-4-18-19(6-10)27-9-26-18/h1-4,6,8,11-14,16,20-21H,5,7,9H2,(H,24,25)/t11-,12+,13-,14+,16+,20-,21+/m1/s1. The fourth-order valence-electron chi connectivity index (χ4n) is 6.53. The van der Waals surface area contributed by atoms with Crippen molar-refractivity contribution in [2.45, 2.75) is 12.8 Å². The summed E-state index contributed by atoms with van der Waals surface area (Å²) in [6.07, 6.45) is 7.57. The van der Waals surface area contributed by atoms with E-state index in [0.29, 0.717) is 23.7 Å². The number of benzene rings is 1. The molecule has 5 aliphatic rings. The minimum absolute atomic E-state index is 0.00213. The number of hydrogen-bond donors (Lipinski definition) is 1. The minimum atomic E-state index is -0.949. The number of ether oxygens (including phenoxy) is 2. The zero-order chi connectivity index (χ0) is 18.3. The quantitative estimate of drug-likeness (QED) is 0.835. The van der Waals surface area contributed by atoms with E-state index in [9.17, 15) is 14.7 Å². The lowest BCUT2D eigenvalue weighted by Gasteiger charge is -2.54. The van der Waals surface area contributed by atoms with E-state index in [-0.39, 0.29) is 35.9 Å². The Hall–Kier alpha value is -2.56. The Morgan fingerprint density at radius 3 is 2.85 bits per heavy atom. The molecule has 1 N–H and O–H groups in total. The number of carbonyl (C=O) groups is 2. The second-order valence-corrected chi connectivity index (χ2v) is 8.51. The van der Waals surface area contributed by atoms with Gasteiger partial charge in [-0.2, -0.15) is 0 Å². The largest absolute Gasteiger partial charge is 0.478 e. The van der Waals surface area contributed by atoms with Gasteiger partial charge < -0.3 is 14.6 Å². The molecule has 0 unspecified atom stereocenters. The normalized spacial score (nSPS) is 39.6. The molecule has 5 heteroatoms. The van der Waals surface area contributed by atoms with Crippen LogP contribution in [0.2, 0.25) is 0 Å². The van der Waals surface area contributed by atoms with E-state index in [2.05, 4.69) is 24.3 Å². The highest BCUT2D eigenvalue weighted by atomic mass is 16.7. The van der Waals surface area contributed by atoms with E-state index >= 15 is 0 Å². The van der Waals surface area contributed by atoms with E-state index in [1.165, 1.54) is 11.6 Å². The van der Waals surface area contributed by atoms with Gasteiger partial charge in [-0.3, -0.25) is 4.79 Å². The summed E-state index contributed by atoms with van der Waals surface area (Å²) in [5, 5.41) is 9.51. The number of ketones is 1. The Morgan fingerprint density at radius 1 is 1.15 bits per heavy atom. The topological polar surface area (TPSA) is 72.8 Å². The van der Waals surface area contributed by atoms with Crippen LogP contribution in [0.1, 0.15) is 12.0 Å². The Labute approximate surface area is 156 Å². The number of allylic oxidation sites excluding steroid dienone is 3. The van der Waals surface area contributed by atoms with Crippen molar-refractivity contribution in [2.24, 2.45) is 41.4 Å². The molecule has 1 aliphatic heterocycles. The highest BCUT2D eigenvalue weighted by molar-refractivity contribution is 6.02. The third-order valence-electron chi connectivity index (χ3n) is 7.55. The molecule has 0 radical (unpaired) electrons. The zero-order valence-electron chi connectivity index (χ0n) is 14.7. The summed E-state index contributed by atoms with van der Waals surface area (Å²) < 4.78 is 10.9. The predicted octanol–water partition coefficient (Wildman–Crippen LogP) is 2.85. The number of aliphatic carboxylic acids is 1. The lowest BCUT2D eigenvalue weighted by molar-refractivity contribution is -0.135. The van der Waals surface area contributed by atoms with Gasteiger partial charge in [0.2, 0.25) is 6.79 Å². The van der Waals surface area contributed by atoms with Crippen LogP contribution in [-0.4, -0.2) is 23.7 Å². The van der Waals surface area contributed by atoms with Gasteiger partial charge in [-0.15, -0.1) is 0 Å². The molecule has 1 aromatic rings. The molecule has 6 rings (SSSR count). The third-order valence-corrected chi connectivity index (χ3v) is 7.55. The summed E-state index contributed by atoms with van der Waals surface area (Å²) in [6.45, 7) is 0.282. The average Bonchev–Trinajstić information content (AvgIpc) is 3.26. The van der Waals surface area contributed by atoms with Crippen molar-refractivity contribution in [3.63, 3.8) is 0 Å². The molecule has 1 heterocycles. The number of rotatable bonds is 3. The maximum Gasteiger partial charge on any atom is 0.332 e. The first-order valence-corrected chi connectivity index (χ1v) is 9.67. The first-order valence-electron chi connectivity index (χ1n) is 9.67. The van der Waals surface area contributed by atoms with Crippen LogP contribution < -0.4 is 9.47 Å². The molecule has 1 aromatic carbocycles. The van der Waals surface area contributed by atoms with E-state index in [1.54, 1.807) is 0 Å². The molecule has 4 aliphatic carbocycles. The summed E-state index contributed by atoms with van der Waals surface area (Å²) in [4.78, 5) is 24.2. The molecule has 2 saturated carbocycles. The van der Waals surface area contributed by atoms with Crippen LogP contribution >= 0.6 is 0 Å². The average molecular weight is 364 g/mol. The van der Waals surface area contributed by atoms with Gasteiger partial charge in [-0.1, -0.05) is 18.2 Å². The van der Waals surface area contributed by atoms with Crippen LogP contribution in [0.25, 0.3) is 0 Å². The van der Waals surface area contributed by atoms with Gasteiger partial charge in [0.05, 0.1) is 0 Å². The predicted molar refractivity (Wildman–Crippen MR) is 95.2 cm³/mol. The summed E-state index contributed by atoms with van der Waals surface area (Å²) in [5.74, 6) is 2.71. The van der Waals surface area contributed by atoms with Crippen molar-refractivity contribution in [2.75, 3.05) is 6.79 Å². The summed E-state index contributed by atoms with van der Waals surface area (Å²) >= 11 is 0. The van der Waals surface area contributed by atoms with Crippen molar-refractivity contribution in [3.8, 4) is 11.5 Å². The fourth-order valence-corrected chi connectivity index (χ4v) is 6.53. The van der Waals surface area contributed by atoms with Crippen LogP contribution in [0.3, 0.4) is 0 Å². The Kier molecular flexibility index (Phi) is 3.01. The van der Waals surface area contributed by atoms with Crippen LogP contribution in [-0.2, 0) is 16.0 Å². The second-order valence-electron chi connectivity index (χ2n) is 8.51. The van der Waals surface area contributed by atoms with Crippen molar-refractivity contribution >= 4 is 11.8 Å². The van der Waals surface area contributed by atoms with E-state index < -0.39 is 5.97 Å². The monoisotopic (exact) mass is 364 g/mol. The van der Waals surface area contributed by atoms with Crippen LogP contribution in [0.4, 0.5) is 0 Å². The molecule has 0 aromatic heterocycles. The maximum atomic E-state index is 12.6. The second kappa shape index (κ2) is 5.24. The van der Waals surface area contributed by atoms with Gasteiger partial charge in [0, 0.05) is 17.4 Å². The fraction of sp³-hybridized carbons (Fsp3) is 0.455. The van der Waals surface area contributed by atoms with Crippen molar-refractivity contribution in [3.05, 3.63) is 47.6 Å². The maximum absolute atomic E-state index is 12.6. The van der Waals surface area contributed by atoms with E-state index in [4.69, 9.17) is 9.47 Å². The van der Waals surface area contributed by atoms with Crippen molar-refractivity contribution < 1.29 is 24.2 Å². The van der Waals surface area contributed by atoms with E-state index in [0.717, 1.165) is 24.3 Å².